The summed E-state index contributed by atoms with van der Waals surface area (Å²) in [6, 6.07) is -0.151. The maximum absolute atomic E-state index is 11.9. The number of hydrogen-bond donors (Lipinski definition) is 2. The monoisotopic (exact) mass is 256 g/mol. The molecule has 1 aliphatic rings. The van der Waals surface area contributed by atoms with Crippen LogP contribution in [-0.4, -0.2) is 41.6 Å². The molecule has 0 aliphatic carbocycles. The predicted molar refractivity (Wildman–Crippen MR) is 69.4 cm³/mol. The van der Waals surface area contributed by atoms with Gasteiger partial charge < -0.3 is 15.3 Å². The van der Waals surface area contributed by atoms with E-state index in [1.54, 1.807) is 4.90 Å². The average Bonchev–Trinajstić information content (AvgIpc) is 2.70. The third-order valence-corrected chi connectivity index (χ3v) is 3.54. The molecular formula is C13H24N2O3. The molecule has 1 aliphatic heterocycles. The second-order valence-electron chi connectivity index (χ2n) is 6.33. The number of carboxylic acid groups (broad SMARTS) is 1. The highest BCUT2D eigenvalue weighted by molar-refractivity contribution is 5.79. The molecule has 2 amide bonds. The molecule has 18 heavy (non-hydrogen) atoms. The Bertz CT molecular complexity index is 336. The number of hydrogen-bond acceptors (Lipinski definition) is 2. The van der Waals surface area contributed by atoms with Crippen molar-refractivity contribution in [2.24, 2.45) is 10.8 Å². The van der Waals surface area contributed by atoms with Crippen molar-refractivity contribution in [3.8, 4) is 0 Å². The number of carbonyl (C=O) groups excluding carboxylic acids is 1. The summed E-state index contributed by atoms with van der Waals surface area (Å²) >= 11 is 0. The third kappa shape index (κ3) is 3.37. The van der Waals surface area contributed by atoms with Crippen molar-refractivity contribution in [2.75, 3.05) is 19.6 Å². The standard InChI is InChI=1S/C13H24N2O3/c1-5-13(10(16)17)6-7-15(9-13)11(18)14-8-12(2,3)4/h5-9H2,1-4H3,(H,14,18)(H,16,17). The van der Waals surface area contributed by atoms with Crippen LogP contribution in [0.5, 0.6) is 0 Å². The molecule has 1 atom stereocenters. The summed E-state index contributed by atoms with van der Waals surface area (Å²) in [5, 5.41) is 12.1. The van der Waals surface area contributed by atoms with Gasteiger partial charge in [0.1, 0.15) is 0 Å². The molecule has 0 saturated carbocycles. The first-order valence-electron chi connectivity index (χ1n) is 6.46. The first-order chi connectivity index (χ1) is 8.20. The summed E-state index contributed by atoms with van der Waals surface area (Å²) in [7, 11) is 0. The molecule has 2 N–H and O–H groups in total. The quantitative estimate of drug-likeness (QED) is 0.810. The van der Waals surface area contributed by atoms with Gasteiger partial charge in [-0.15, -0.1) is 0 Å². The Morgan fingerprint density at radius 2 is 2.00 bits per heavy atom. The van der Waals surface area contributed by atoms with Gasteiger partial charge in [-0.2, -0.15) is 0 Å². The van der Waals surface area contributed by atoms with Crippen molar-refractivity contribution in [3.05, 3.63) is 0 Å². The first-order valence-corrected chi connectivity index (χ1v) is 6.46. The number of nitrogens with one attached hydrogen (secondary N) is 1. The van der Waals surface area contributed by atoms with Crippen LogP contribution in [0.2, 0.25) is 0 Å². The Balaban J connectivity index is 2.56. The van der Waals surface area contributed by atoms with Gasteiger partial charge in [0, 0.05) is 19.6 Å². The van der Waals surface area contributed by atoms with E-state index in [0.717, 1.165) is 0 Å². The fraction of sp³-hybridized carbons (Fsp3) is 0.846. The van der Waals surface area contributed by atoms with Gasteiger partial charge in [-0.3, -0.25) is 4.79 Å². The first kappa shape index (κ1) is 14.8. The molecule has 1 rings (SSSR count). The van der Waals surface area contributed by atoms with Gasteiger partial charge >= 0.3 is 12.0 Å². The number of amides is 2. The average molecular weight is 256 g/mol. The zero-order valence-electron chi connectivity index (χ0n) is 11.7. The molecule has 1 heterocycles. The summed E-state index contributed by atoms with van der Waals surface area (Å²) in [5.74, 6) is -0.795. The lowest BCUT2D eigenvalue weighted by atomic mass is 9.84. The lowest BCUT2D eigenvalue weighted by Gasteiger charge is -2.25. The van der Waals surface area contributed by atoms with Crippen LogP contribution in [0.15, 0.2) is 0 Å². The van der Waals surface area contributed by atoms with Gasteiger partial charge in [0.25, 0.3) is 0 Å². The van der Waals surface area contributed by atoms with Crippen LogP contribution in [0.4, 0.5) is 4.79 Å². The lowest BCUT2D eigenvalue weighted by molar-refractivity contribution is -0.148. The summed E-state index contributed by atoms with van der Waals surface area (Å²) < 4.78 is 0. The van der Waals surface area contributed by atoms with Gasteiger partial charge in [0.2, 0.25) is 0 Å². The highest BCUT2D eigenvalue weighted by atomic mass is 16.4. The summed E-state index contributed by atoms with van der Waals surface area (Å²) in [6.45, 7) is 9.44. The smallest absolute Gasteiger partial charge is 0.317 e. The van der Waals surface area contributed by atoms with Crippen molar-refractivity contribution >= 4 is 12.0 Å². The Labute approximate surface area is 109 Å². The third-order valence-electron chi connectivity index (χ3n) is 3.54. The molecule has 5 nitrogen and oxygen atoms in total. The predicted octanol–water partition coefficient (Wildman–Crippen LogP) is 1.93. The molecule has 1 fully saturated rings. The fourth-order valence-corrected chi connectivity index (χ4v) is 2.11. The molecule has 0 bridgehead atoms. The molecule has 1 unspecified atom stereocenters. The minimum atomic E-state index is -0.795. The lowest BCUT2D eigenvalue weighted by Crippen LogP contribution is -2.43. The summed E-state index contributed by atoms with van der Waals surface area (Å²) in [5.41, 5.74) is -0.719. The molecule has 0 aromatic heterocycles. The number of carbonyl (C=O) groups is 2. The van der Waals surface area contributed by atoms with Crippen molar-refractivity contribution in [2.45, 2.75) is 40.5 Å². The van der Waals surface area contributed by atoms with E-state index in [4.69, 9.17) is 0 Å². The molecule has 0 spiro atoms. The highest BCUT2D eigenvalue weighted by Gasteiger charge is 2.44. The number of rotatable bonds is 3. The number of likely N-dealkylation sites (tertiary alicyclic amines) is 1. The molecule has 0 aromatic rings. The van der Waals surface area contributed by atoms with E-state index in [0.29, 0.717) is 32.5 Å². The Morgan fingerprint density at radius 3 is 2.39 bits per heavy atom. The van der Waals surface area contributed by atoms with Crippen molar-refractivity contribution in [1.82, 2.24) is 10.2 Å². The Morgan fingerprint density at radius 1 is 1.39 bits per heavy atom. The van der Waals surface area contributed by atoms with E-state index in [1.165, 1.54) is 0 Å². The molecule has 0 aromatic carbocycles. The van der Waals surface area contributed by atoms with E-state index in [1.807, 2.05) is 27.7 Å². The van der Waals surface area contributed by atoms with Crippen molar-refractivity contribution in [3.63, 3.8) is 0 Å². The second-order valence-corrected chi connectivity index (χ2v) is 6.33. The zero-order chi connectivity index (χ0) is 14.0. The molecule has 5 heteroatoms. The zero-order valence-corrected chi connectivity index (χ0v) is 11.7. The SMILES string of the molecule is CCC1(C(=O)O)CCN(C(=O)NCC(C)(C)C)C1. The number of nitrogens with zero attached hydrogens (tertiary/aromatic N) is 1. The minimum absolute atomic E-state index is 0.0318. The highest BCUT2D eigenvalue weighted by Crippen LogP contribution is 2.34. The summed E-state index contributed by atoms with van der Waals surface area (Å²) in [4.78, 5) is 24.8. The fourth-order valence-electron chi connectivity index (χ4n) is 2.11. The second kappa shape index (κ2) is 5.16. The van der Waals surface area contributed by atoms with Gasteiger partial charge in [0.15, 0.2) is 0 Å². The van der Waals surface area contributed by atoms with Crippen LogP contribution in [-0.2, 0) is 4.79 Å². The number of carboxylic acids is 1. The van der Waals surface area contributed by atoms with E-state index in [9.17, 15) is 14.7 Å². The minimum Gasteiger partial charge on any atom is -0.481 e. The normalized spacial score (nSPS) is 24.1. The number of urea groups is 1. The molecule has 0 radical (unpaired) electrons. The van der Waals surface area contributed by atoms with E-state index < -0.39 is 11.4 Å². The van der Waals surface area contributed by atoms with Crippen molar-refractivity contribution in [1.29, 1.82) is 0 Å². The van der Waals surface area contributed by atoms with E-state index >= 15 is 0 Å². The van der Waals surface area contributed by atoms with Crippen LogP contribution in [0.1, 0.15) is 40.5 Å². The van der Waals surface area contributed by atoms with Gasteiger partial charge in [-0.1, -0.05) is 27.7 Å². The summed E-state index contributed by atoms with van der Waals surface area (Å²) in [6.07, 6.45) is 1.10. The van der Waals surface area contributed by atoms with Gasteiger partial charge in [-0.05, 0) is 18.3 Å². The topological polar surface area (TPSA) is 69.6 Å². The van der Waals surface area contributed by atoms with Crippen molar-refractivity contribution < 1.29 is 14.7 Å². The molecule has 1 saturated heterocycles. The van der Waals surface area contributed by atoms with E-state index in [-0.39, 0.29) is 11.4 Å². The Hall–Kier alpha value is -1.26. The van der Waals surface area contributed by atoms with E-state index in [2.05, 4.69) is 5.32 Å². The van der Waals surface area contributed by atoms with Crippen LogP contribution >= 0.6 is 0 Å². The van der Waals surface area contributed by atoms with Crippen LogP contribution in [0, 0.1) is 10.8 Å². The maximum atomic E-state index is 11.9. The maximum Gasteiger partial charge on any atom is 0.317 e. The van der Waals surface area contributed by atoms with Gasteiger partial charge in [0.05, 0.1) is 5.41 Å². The van der Waals surface area contributed by atoms with Crippen LogP contribution in [0.25, 0.3) is 0 Å². The molecule has 104 valence electrons. The van der Waals surface area contributed by atoms with Crippen LogP contribution in [0.3, 0.4) is 0 Å². The van der Waals surface area contributed by atoms with Crippen LogP contribution < -0.4 is 5.32 Å². The largest absolute Gasteiger partial charge is 0.481 e. The molecular weight excluding hydrogens is 232 g/mol. The number of aliphatic carboxylic acids is 1. The van der Waals surface area contributed by atoms with Gasteiger partial charge in [-0.25, -0.2) is 4.79 Å². The Kier molecular flexibility index (Phi) is 4.24.